The fraction of sp³-hybridized carbons (Fsp3) is 0.591. The Kier molecular flexibility index (Phi) is 7.44. The standard InChI is InChI=1S/C22H31N7O.HI/c1-23-22(24-13-21-26-25-20-9-5-6-10-29(20)21)28-15-18-19(16-28)30-12-11-27(18)14-17-7-3-2-4-8-17;/h2-4,7-8,18-19H,5-6,9-16H2,1H3,(H,23,24);1H. The predicted octanol–water partition coefficient (Wildman–Crippen LogP) is 1.89. The molecule has 0 saturated carbocycles. The highest BCUT2D eigenvalue weighted by atomic mass is 127. The number of aryl methyl sites for hydroxylation is 1. The summed E-state index contributed by atoms with van der Waals surface area (Å²) in [6.07, 6.45) is 3.67. The van der Waals surface area contributed by atoms with Crippen molar-refractivity contribution < 1.29 is 4.74 Å². The van der Waals surface area contributed by atoms with Gasteiger partial charge in [0, 0.05) is 46.2 Å². The van der Waals surface area contributed by atoms with E-state index in [1.54, 1.807) is 0 Å². The molecule has 2 atom stereocenters. The molecule has 2 unspecified atom stereocenters. The lowest BCUT2D eigenvalue weighted by molar-refractivity contribution is -0.0502. The van der Waals surface area contributed by atoms with Crippen molar-refractivity contribution in [2.75, 3.05) is 33.3 Å². The topological polar surface area (TPSA) is 70.8 Å². The third-order valence-corrected chi connectivity index (χ3v) is 6.50. The fourth-order valence-corrected chi connectivity index (χ4v) is 4.94. The molecule has 9 heteroatoms. The van der Waals surface area contributed by atoms with Crippen LogP contribution in [0, 0.1) is 0 Å². The molecule has 2 saturated heterocycles. The first kappa shape index (κ1) is 22.5. The molecule has 0 amide bonds. The van der Waals surface area contributed by atoms with E-state index in [4.69, 9.17) is 4.74 Å². The molecule has 0 spiro atoms. The van der Waals surface area contributed by atoms with Crippen molar-refractivity contribution >= 4 is 29.9 Å². The lowest BCUT2D eigenvalue weighted by Crippen LogP contribution is -2.50. The zero-order chi connectivity index (χ0) is 20.3. The Balaban J connectivity index is 0.00000231. The summed E-state index contributed by atoms with van der Waals surface area (Å²) in [6.45, 7) is 6.20. The number of morpholine rings is 1. The highest BCUT2D eigenvalue weighted by Crippen LogP contribution is 2.25. The minimum atomic E-state index is 0. The van der Waals surface area contributed by atoms with Crippen LogP contribution >= 0.6 is 24.0 Å². The molecule has 0 aliphatic carbocycles. The van der Waals surface area contributed by atoms with E-state index in [0.29, 0.717) is 12.6 Å². The minimum absolute atomic E-state index is 0. The number of hydrogen-bond acceptors (Lipinski definition) is 5. The van der Waals surface area contributed by atoms with Crippen LogP contribution in [-0.2, 0) is 30.8 Å². The minimum Gasteiger partial charge on any atom is -0.373 e. The summed E-state index contributed by atoms with van der Waals surface area (Å²) in [5, 5.41) is 12.3. The molecule has 2 fully saturated rings. The zero-order valence-electron chi connectivity index (χ0n) is 18.1. The number of rotatable bonds is 4. The molecule has 1 aromatic carbocycles. The van der Waals surface area contributed by atoms with Gasteiger partial charge in [-0.15, -0.1) is 34.2 Å². The van der Waals surface area contributed by atoms with Crippen molar-refractivity contribution in [2.24, 2.45) is 4.99 Å². The van der Waals surface area contributed by atoms with Crippen LogP contribution in [0.1, 0.15) is 30.1 Å². The molecule has 1 aromatic heterocycles. The fourth-order valence-electron chi connectivity index (χ4n) is 4.94. The quantitative estimate of drug-likeness (QED) is 0.365. The Hall–Kier alpha value is -1.72. The number of halogens is 1. The van der Waals surface area contributed by atoms with Crippen LogP contribution in [0.2, 0.25) is 0 Å². The van der Waals surface area contributed by atoms with Gasteiger partial charge in [0.1, 0.15) is 5.82 Å². The number of benzene rings is 1. The van der Waals surface area contributed by atoms with Gasteiger partial charge in [0.05, 0.1) is 25.3 Å². The van der Waals surface area contributed by atoms with Crippen molar-refractivity contribution in [2.45, 2.75) is 51.0 Å². The Bertz CT molecular complexity index is 887. The first-order valence-corrected chi connectivity index (χ1v) is 11.1. The molecule has 1 N–H and O–H groups in total. The summed E-state index contributed by atoms with van der Waals surface area (Å²) in [5.74, 6) is 3.04. The average molecular weight is 537 g/mol. The highest BCUT2D eigenvalue weighted by Gasteiger charge is 2.41. The molecule has 5 rings (SSSR count). The molecular formula is C22H32IN7O. The van der Waals surface area contributed by atoms with E-state index in [1.807, 2.05) is 7.05 Å². The Morgan fingerprint density at radius 2 is 2.03 bits per heavy atom. The van der Waals surface area contributed by atoms with Crippen molar-refractivity contribution in [1.82, 2.24) is 29.9 Å². The largest absolute Gasteiger partial charge is 0.373 e. The average Bonchev–Trinajstić information content (AvgIpc) is 3.40. The highest BCUT2D eigenvalue weighted by molar-refractivity contribution is 14.0. The summed E-state index contributed by atoms with van der Waals surface area (Å²) in [6, 6.07) is 11.1. The van der Waals surface area contributed by atoms with Gasteiger partial charge in [-0.1, -0.05) is 30.3 Å². The van der Waals surface area contributed by atoms with Gasteiger partial charge in [-0.3, -0.25) is 9.89 Å². The molecule has 0 bridgehead atoms. The van der Waals surface area contributed by atoms with Crippen LogP contribution in [0.4, 0.5) is 0 Å². The van der Waals surface area contributed by atoms with Gasteiger partial charge in [0.15, 0.2) is 11.8 Å². The number of likely N-dealkylation sites (tertiary alicyclic amines) is 1. The van der Waals surface area contributed by atoms with E-state index in [0.717, 1.165) is 63.4 Å². The summed E-state index contributed by atoms with van der Waals surface area (Å²) < 4.78 is 8.39. The van der Waals surface area contributed by atoms with E-state index in [-0.39, 0.29) is 30.1 Å². The number of aromatic nitrogens is 3. The number of ether oxygens (including phenoxy) is 1. The van der Waals surface area contributed by atoms with E-state index in [9.17, 15) is 0 Å². The van der Waals surface area contributed by atoms with E-state index < -0.39 is 0 Å². The molecule has 31 heavy (non-hydrogen) atoms. The molecule has 168 valence electrons. The van der Waals surface area contributed by atoms with Crippen LogP contribution in [0.5, 0.6) is 0 Å². The number of nitrogens with zero attached hydrogens (tertiary/aromatic N) is 6. The lowest BCUT2D eigenvalue weighted by Gasteiger charge is -2.36. The van der Waals surface area contributed by atoms with Crippen molar-refractivity contribution in [3.8, 4) is 0 Å². The first-order valence-electron chi connectivity index (χ1n) is 11.1. The van der Waals surface area contributed by atoms with Crippen LogP contribution in [0.15, 0.2) is 35.3 Å². The molecular weight excluding hydrogens is 505 g/mol. The molecule has 2 aromatic rings. The van der Waals surface area contributed by atoms with Crippen LogP contribution in [-0.4, -0.2) is 76.0 Å². The normalized spacial score (nSPS) is 23.8. The van der Waals surface area contributed by atoms with Gasteiger partial charge in [-0.05, 0) is 18.4 Å². The summed E-state index contributed by atoms with van der Waals surface area (Å²) >= 11 is 0. The Morgan fingerprint density at radius 3 is 2.87 bits per heavy atom. The number of guanidine groups is 1. The monoisotopic (exact) mass is 537 g/mol. The number of aliphatic imine (C=N–C) groups is 1. The molecule has 8 nitrogen and oxygen atoms in total. The third-order valence-electron chi connectivity index (χ3n) is 6.50. The second-order valence-corrected chi connectivity index (χ2v) is 8.38. The van der Waals surface area contributed by atoms with Gasteiger partial charge in [0.2, 0.25) is 0 Å². The van der Waals surface area contributed by atoms with Gasteiger partial charge >= 0.3 is 0 Å². The summed E-state index contributed by atoms with van der Waals surface area (Å²) in [7, 11) is 1.85. The number of hydrogen-bond donors (Lipinski definition) is 1. The second-order valence-electron chi connectivity index (χ2n) is 8.38. The van der Waals surface area contributed by atoms with Gasteiger partial charge in [0.25, 0.3) is 0 Å². The maximum Gasteiger partial charge on any atom is 0.194 e. The zero-order valence-corrected chi connectivity index (χ0v) is 20.4. The molecule has 0 radical (unpaired) electrons. The van der Waals surface area contributed by atoms with Crippen molar-refractivity contribution in [3.05, 3.63) is 47.5 Å². The summed E-state index contributed by atoms with van der Waals surface area (Å²) in [4.78, 5) is 9.44. The third kappa shape index (κ3) is 4.88. The first-order chi connectivity index (χ1) is 14.8. The second kappa shape index (κ2) is 10.3. The van der Waals surface area contributed by atoms with Crippen molar-refractivity contribution in [1.29, 1.82) is 0 Å². The molecule has 3 aliphatic rings. The van der Waals surface area contributed by atoms with Gasteiger partial charge in [-0.2, -0.15) is 0 Å². The summed E-state index contributed by atoms with van der Waals surface area (Å²) in [5.41, 5.74) is 1.36. The Labute approximate surface area is 201 Å². The van der Waals surface area contributed by atoms with Gasteiger partial charge < -0.3 is 19.5 Å². The van der Waals surface area contributed by atoms with Gasteiger partial charge in [-0.25, -0.2) is 0 Å². The predicted molar refractivity (Wildman–Crippen MR) is 131 cm³/mol. The molecule has 3 aliphatic heterocycles. The smallest absolute Gasteiger partial charge is 0.194 e. The van der Waals surface area contributed by atoms with Crippen LogP contribution in [0.25, 0.3) is 0 Å². The number of nitrogens with one attached hydrogen (secondary N) is 1. The lowest BCUT2D eigenvalue weighted by atomic mass is 10.1. The van der Waals surface area contributed by atoms with E-state index >= 15 is 0 Å². The Morgan fingerprint density at radius 1 is 1.16 bits per heavy atom. The van der Waals surface area contributed by atoms with E-state index in [1.165, 1.54) is 18.4 Å². The number of fused-ring (bicyclic) bond motifs is 2. The maximum atomic E-state index is 6.13. The van der Waals surface area contributed by atoms with Crippen LogP contribution in [0.3, 0.4) is 0 Å². The van der Waals surface area contributed by atoms with Crippen LogP contribution < -0.4 is 5.32 Å². The molecule has 4 heterocycles. The van der Waals surface area contributed by atoms with Crippen molar-refractivity contribution in [3.63, 3.8) is 0 Å². The van der Waals surface area contributed by atoms with E-state index in [2.05, 4.69) is 65.2 Å². The SMILES string of the molecule is CN=C(NCc1nnc2n1CCCC2)N1CC2OCCN(Cc3ccccc3)C2C1.I. The maximum absolute atomic E-state index is 6.13.